The molecule has 12 aliphatic carbocycles. The average molecular weight is 773 g/mol. The second kappa shape index (κ2) is 11.9. The van der Waals surface area contributed by atoms with Gasteiger partial charge < -0.3 is 20.1 Å². The molecule has 2 aromatic rings. The smallest absolute Gasteiger partial charge is 0.300 e. The lowest BCUT2D eigenvalue weighted by molar-refractivity contribution is -0.110. The maximum absolute atomic E-state index is 16.0. The summed E-state index contributed by atoms with van der Waals surface area (Å²) in [4.78, 5) is -2.12. The van der Waals surface area contributed by atoms with Crippen LogP contribution in [0.25, 0.3) is 0 Å². The molecular weight excluding hydrogens is 725 g/mol. The number of hydrogen-bond acceptors (Lipinski definition) is 6. The second-order valence-corrected chi connectivity index (χ2v) is 20.9. The SMILES string of the molecule is O=S(=O)(O)c1c(F)c(F)c(Oc2c(C3C4CC5CC(C4)C(O)C3C5)cc(C3C4CC5CC(C4)C(O)C3C5)cc2C2C3CC4CC(C3)C(O)C2C4)c(F)c1F. The molecule has 54 heavy (non-hydrogen) atoms. The summed E-state index contributed by atoms with van der Waals surface area (Å²) in [5.41, 5.74) is 2.30. The van der Waals surface area contributed by atoms with Gasteiger partial charge in [0.05, 0.1) is 18.3 Å². The molecule has 12 aliphatic rings. The van der Waals surface area contributed by atoms with Crippen LogP contribution >= 0.6 is 0 Å². The third-order valence-electron chi connectivity index (χ3n) is 17.0. The van der Waals surface area contributed by atoms with Crippen LogP contribution in [0.1, 0.15) is 111 Å². The largest absolute Gasteiger partial charge is 0.450 e. The third-order valence-corrected chi connectivity index (χ3v) is 17.9. The van der Waals surface area contributed by atoms with Gasteiger partial charge in [0.1, 0.15) is 5.75 Å². The van der Waals surface area contributed by atoms with Crippen LogP contribution in [0, 0.1) is 94.3 Å². The van der Waals surface area contributed by atoms with Crippen molar-refractivity contribution in [1.29, 1.82) is 0 Å². The lowest BCUT2D eigenvalue weighted by atomic mass is 9.47. The molecule has 0 heterocycles. The Labute approximate surface area is 312 Å². The highest BCUT2D eigenvalue weighted by molar-refractivity contribution is 7.85. The molecule has 14 rings (SSSR count). The first-order chi connectivity index (χ1) is 25.7. The number of benzene rings is 2. The van der Waals surface area contributed by atoms with E-state index in [4.69, 9.17) is 4.74 Å². The highest BCUT2D eigenvalue weighted by atomic mass is 32.2. The Morgan fingerprint density at radius 1 is 0.500 bits per heavy atom. The summed E-state index contributed by atoms with van der Waals surface area (Å²) < 4.78 is 102. The average Bonchev–Trinajstić information content (AvgIpc) is 3.11. The van der Waals surface area contributed by atoms with Crippen molar-refractivity contribution in [3.05, 3.63) is 52.1 Å². The van der Waals surface area contributed by atoms with Crippen LogP contribution in [0.2, 0.25) is 0 Å². The lowest BCUT2D eigenvalue weighted by Crippen LogP contribution is -2.53. The summed E-state index contributed by atoms with van der Waals surface area (Å²) >= 11 is 0. The highest BCUT2D eigenvalue weighted by Gasteiger charge is 2.58. The van der Waals surface area contributed by atoms with Crippen molar-refractivity contribution in [3.8, 4) is 11.5 Å². The maximum Gasteiger partial charge on any atom is 0.300 e. The second-order valence-electron chi connectivity index (χ2n) is 19.5. The highest BCUT2D eigenvalue weighted by Crippen LogP contribution is 2.66. The molecule has 0 aromatic heterocycles. The monoisotopic (exact) mass is 772 g/mol. The molecule has 0 saturated heterocycles. The van der Waals surface area contributed by atoms with Crippen molar-refractivity contribution < 1.29 is 50.6 Å². The maximum atomic E-state index is 16.0. The van der Waals surface area contributed by atoms with Gasteiger partial charge >= 0.3 is 10.1 Å². The summed E-state index contributed by atoms with van der Waals surface area (Å²) in [5, 5.41) is 35.1. The third kappa shape index (κ3) is 4.87. The first-order valence-electron chi connectivity index (χ1n) is 20.5. The first kappa shape index (κ1) is 35.0. The van der Waals surface area contributed by atoms with Crippen LogP contribution in [-0.2, 0) is 10.1 Å². The summed E-state index contributed by atoms with van der Waals surface area (Å²) in [5.74, 6) is -8.15. The minimum Gasteiger partial charge on any atom is -0.450 e. The summed E-state index contributed by atoms with van der Waals surface area (Å²) in [6, 6.07) is 4.11. The van der Waals surface area contributed by atoms with E-state index in [0.29, 0.717) is 34.8 Å². The van der Waals surface area contributed by atoms with Crippen LogP contribution in [0.4, 0.5) is 17.6 Å². The minimum atomic E-state index is -5.68. The van der Waals surface area contributed by atoms with E-state index in [1.807, 2.05) is 0 Å². The van der Waals surface area contributed by atoms with Gasteiger partial charge in [0, 0.05) is 0 Å². The zero-order valence-electron chi connectivity index (χ0n) is 30.0. The van der Waals surface area contributed by atoms with Crippen LogP contribution in [0.5, 0.6) is 11.5 Å². The standard InChI is InChI=1S/C42H48F4O7S/c43-33-35(45)42(54(50,51)52)36(46)34(44)41(33)53-40-28(31-19-2-16-5-23(11-19)38(48)26(31)8-16)13-21(30-18-1-15-4-22(10-18)37(47)25(30)7-15)14-29(40)32-20-3-17-6-24(12-20)39(49)27(32)9-17/h13-20,22-27,30-32,37-39,47-49H,1-12H2,(H,50,51,52). The fourth-order valence-corrected chi connectivity index (χ4v) is 16.3. The van der Waals surface area contributed by atoms with Gasteiger partial charge in [-0.1, -0.05) is 12.1 Å². The van der Waals surface area contributed by atoms with E-state index < -0.39 is 62.3 Å². The fourth-order valence-electron chi connectivity index (χ4n) is 15.6. The molecule has 12 fully saturated rings. The van der Waals surface area contributed by atoms with Crippen molar-refractivity contribution >= 4 is 10.1 Å². The zero-order valence-corrected chi connectivity index (χ0v) is 30.8. The summed E-state index contributed by atoms with van der Waals surface area (Å²) in [6.07, 6.45) is 9.21. The molecule has 292 valence electrons. The van der Waals surface area contributed by atoms with Gasteiger partial charge in [-0.05, 0) is 183 Å². The Morgan fingerprint density at radius 2 is 0.870 bits per heavy atom. The molecular formula is C42H48F4O7S. The van der Waals surface area contributed by atoms with Crippen LogP contribution < -0.4 is 4.74 Å². The quantitative estimate of drug-likeness (QED) is 0.134. The molecule has 12 heteroatoms. The molecule has 0 spiro atoms. The van der Waals surface area contributed by atoms with E-state index in [-0.39, 0.29) is 70.8 Å². The van der Waals surface area contributed by atoms with E-state index in [0.717, 1.165) is 82.6 Å². The normalized spacial score (nSPS) is 46.5. The molecule has 0 aliphatic heterocycles. The molecule has 12 saturated carbocycles. The van der Waals surface area contributed by atoms with Gasteiger partial charge in [0.2, 0.25) is 17.4 Å². The molecule has 12 bridgehead atoms. The predicted molar refractivity (Wildman–Crippen MR) is 186 cm³/mol. The van der Waals surface area contributed by atoms with E-state index in [1.54, 1.807) is 0 Å². The molecule has 2 aromatic carbocycles. The van der Waals surface area contributed by atoms with Crippen molar-refractivity contribution in [3.63, 3.8) is 0 Å². The number of ether oxygens (including phenoxy) is 1. The van der Waals surface area contributed by atoms with Gasteiger partial charge in [-0.3, -0.25) is 4.55 Å². The van der Waals surface area contributed by atoms with E-state index in [9.17, 15) is 28.3 Å². The molecule has 4 N–H and O–H groups in total. The number of aliphatic hydroxyl groups excluding tert-OH is 3. The van der Waals surface area contributed by atoms with Crippen LogP contribution in [0.15, 0.2) is 17.0 Å². The molecule has 18 unspecified atom stereocenters. The molecule has 18 atom stereocenters. The van der Waals surface area contributed by atoms with Gasteiger partial charge in [-0.2, -0.15) is 17.2 Å². The van der Waals surface area contributed by atoms with E-state index >= 15 is 17.6 Å². The number of rotatable bonds is 6. The Bertz CT molecular complexity index is 1950. The van der Waals surface area contributed by atoms with Crippen molar-refractivity contribution in [1.82, 2.24) is 0 Å². The number of halogens is 4. The van der Waals surface area contributed by atoms with Gasteiger partial charge in [-0.15, -0.1) is 0 Å². The first-order valence-corrected chi connectivity index (χ1v) is 21.9. The minimum absolute atomic E-state index is 0.0280. The van der Waals surface area contributed by atoms with Crippen LogP contribution in [0.3, 0.4) is 0 Å². The summed E-state index contributed by atoms with van der Waals surface area (Å²) in [7, 11) is -5.68. The van der Waals surface area contributed by atoms with Crippen molar-refractivity contribution in [2.24, 2.45) is 71.0 Å². The van der Waals surface area contributed by atoms with Gasteiger partial charge in [0.15, 0.2) is 16.5 Å². The Hall–Kier alpha value is -2.25. The van der Waals surface area contributed by atoms with Gasteiger partial charge in [-0.25, -0.2) is 8.78 Å². The Morgan fingerprint density at radius 3 is 1.28 bits per heavy atom. The number of hydrogen-bond donors (Lipinski definition) is 4. The molecule has 7 nitrogen and oxygen atoms in total. The zero-order chi connectivity index (χ0) is 37.3. The Kier molecular flexibility index (Phi) is 7.70. The van der Waals surface area contributed by atoms with Gasteiger partial charge in [0.25, 0.3) is 0 Å². The van der Waals surface area contributed by atoms with Crippen LogP contribution in [-0.4, -0.2) is 46.6 Å². The van der Waals surface area contributed by atoms with Crippen molar-refractivity contribution in [2.75, 3.05) is 0 Å². The molecule has 0 amide bonds. The lowest BCUT2D eigenvalue weighted by Gasteiger charge is -2.59. The Balaban J connectivity index is 1.15. The summed E-state index contributed by atoms with van der Waals surface area (Å²) in [6.45, 7) is 0. The topological polar surface area (TPSA) is 124 Å². The van der Waals surface area contributed by atoms with E-state index in [2.05, 4.69) is 12.1 Å². The van der Waals surface area contributed by atoms with Crippen molar-refractivity contribution in [2.45, 2.75) is 118 Å². The fraction of sp³-hybridized carbons (Fsp3) is 0.714. The van der Waals surface area contributed by atoms with E-state index in [1.165, 1.54) is 0 Å². The molecule has 0 radical (unpaired) electrons. The predicted octanol–water partition coefficient (Wildman–Crippen LogP) is 7.81. The number of aliphatic hydroxyl groups is 3.